The second kappa shape index (κ2) is 12.8. The molecule has 0 radical (unpaired) electrons. The third-order valence-corrected chi connectivity index (χ3v) is 9.85. The maximum Gasteiger partial charge on any atom is 0.405 e. The molecule has 10 heteroatoms. The van der Waals surface area contributed by atoms with Crippen LogP contribution in [0.25, 0.3) is 0 Å². The molecule has 2 atom stereocenters. The molecule has 1 N–H and O–H groups in total. The van der Waals surface area contributed by atoms with E-state index in [9.17, 15) is 17.2 Å². The zero-order chi connectivity index (χ0) is 30.6. The van der Waals surface area contributed by atoms with Gasteiger partial charge in [0.05, 0.1) is 10.9 Å². The summed E-state index contributed by atoms with van der Waals surface area (Å²) < 4.78 is 76.1. The van der Waals surface area contributed by atoms with Crippen molar-refractivity contribution in [2.75, 3.05) is 13.2 Å². The number of benzene rings is 3. The Bertz CT molecular complexity index is 1380. The Morgan fingerprint density at radius 2 is 1.15 bits per heavy atom. The van der Waals surface area contributed by atoms with Crippen molar-refractivity contribution in [3.8, 4) is 5.75 Å². The zero-order valence-corrected chi connectivity index (χ0v) is 26.1. The van der Waals surface area contributed by atoms with Crippen molar-refractivity contribution in [3.63, 3.8) is 0 Å². The van der Waals surface area contributed by atoms with E-state index in [1.807, 2.05) is 45.0 Å². The molecule has 2 unspecified atom stereocenters. The van der Waals surface area contributed by atoms with Crippen molar-refractivity contribution < 1.29 is 36.0 Å². The summed E-state index contributed by atoms with van der Waals surface area (Å²) in [4.78, 5) is 2.98. The van der Waals surface area contributed by atoms with Gasteiger partial charge in [-0.25, -0.2) is 0 Å². The lowest BCUT2D eigenvalue weighted by Gasteiger charge is -2.29. The van der Waals surface area contributed by atoms with E-state index in [2.05, 4.69) is 45.0 Å². The maximum atomic E-state index is 14.0. The first kappa shape index (κ1) is 33.0. The fourth-order valence-corrected chi connectivity index (χ4v) is 6.80. The Kier molecular flexibility index (Phi) is 10.3. The standard InChI is InChI=1S/C31H38F2O6S2/c1-8-37-30(7,38-9-2)24-12-18-27(19-13-24)40(26-16-10-23(11-17-26)29(4,5)6)28-20-14-25(15-21-28)39-22(3)31(32,33)41(34,35)36/h10-22H,8-9H2,1-7H3/p+1. The van der Waals surface area contributed by atoms with Crippen LogP contribution in [0.3, 0.4) is 0 Å². The summed E-state index contributed by atoms with van der Waals surface area (Å²) >= 11 is 0. The van der Waals surface area contributed by atoms with Crippen LogP contribution in [0, 0.1) is 0 Å². The molecule has 6 nitrogen and oxygen atoms in total. The van der Waals surface area contributed by atoms with Gasteiger partial charge < -0.3 is 14.2 Å². The first-order valence-corrected chi connectivity index (χ1v) is 16.0. The van der Waals surface area contributed by atoms with Gasteiger partial charge in [-0.2, -0.15) is 17.2 Å². The van der Waals surface area contributed by atoms with Gasteiger partial charge in [-0.15, -0.1) is 0 Å². The smallest absolute Gasteiger partial charge is 0.405 e. The fraction of sp³-hybridized carbons (Fsp3) is 0.419. The van der Waals surface area contributed by atoms with Crippen molar-refractivity contribution in [1.29, 1.82) is 0 Å². The van der Waals surface area contributed by atoms with E-state index in [0.29, 0.717) is 13.2 Å². The molecule has 0 fully saturated rings. The lowest BCUT2D eigenvalue weighted by atomic mass is 9.87. The first-order valence-electron chi connectivity index (χ1n) is 13.4. The molecule has 3 aromatic carbocycles. The normalized spacial score (nSPS) is 14.5. The fourth-order valence-electron chi connectivity index (χ4n) is 4.29. The molecular weight excluding hydrogens is 570 g/mol. The van der Waals surface area contributed by atoms with Crippen molar-refractivity contribution >= 4 is 21.0 Å². The van der Waals surface area contributed by atoms with Crippen LogP contribution in [0.1, 0.15) is 59.6 Å². The highest BCUT2D eigenvalue weighted by molar-refractivity contribution is 7.97. The average molecular weight is 610 g/mol. The lowest BCUT2D eigenvalue weighted by Crippen LogP contribution is -2.42. The monoisotopic (exact) mass is 609 g/mol. The van der Waals surface area contributed by atoms with E-state index in [1.54, 1.807) is 12.1 Å². The highest BCUT2D eigenvalue weighted by Crippen LogP contribution is 2.36. The lowest BCUT2D eigenvalue weighted by molar-refractivity contribution is -0.229. The molecule has 0 bridgehead atoms. The molecule has 3 aromatic rings. The van der Waals surface area contributed by atoms with Crippen LogP contribution >= 0.6 is 0 Å². The van der Waals surface area contributed by atoms with Crippen LogP contribution in [-0.2, 0) is 41.7 Å². The van der Waals surface area contributed by atoms with Crippen LogP contribution in [0.2, 0.25) is 0 Å². The van der Waals surface area contributed by atoms with Gasteiger partial charge in [0.1, 0.15) is 5.75 Å². The number of halogens is 2. The van der Waals surface area contributed by atoms with Gasteiger partial charge in [-0.3, -0.25) is 4.55 Å². The third-order valence-electron chi connectivity index (χ3n) is 6.60. The van der Waals surface area contributed by atoms with Crippen LogP contribution in [0.15, 0.2) is 87.5 Å². The molecule has 0 spiro atoms. The molecule has 0 heterocycles. The van der Waals surface area contributed by atoms with E-state index < -0.39 is 38.2 Å². The molecule has 0 amide bonds. The number of hydrogen-bond acceptors (Lipinski definition) is 5. The Hall–Kier alpha value is -2.50. The van der Waals surface area contributed by atoms with E-state index in [0.717, 1.165) is 27.2 Å². The van der Waals surface area contributed by atoms with Crippen molar-refractivity contribution in [3.05, 3.63) is 83.9 Å². The molecule has 41 heavy (non-hydrogen) atoms. The summed E-state index contributed by atoms with van der Waals surface area (Å²) in [6.07, 6.45) is -2.09. The van der Waals surface area contributed by atoms with Gasteiger partial charge in [0.15, 0.2) is 26.6 Å². The van der Waals surface area contributed by atoms with Crippen LogP contribution in [0.4, 0.5) is 8.78 Å². The Balaban J connectivity index is 2.01. The zero-order valence-electron chi connectivity index (χ0n) is 24.5. The SMILES string of the molecule is CCOC(C)(OCC)c1ccc([S+](c2ccc(OC(C)C(F)(F)S(=O)(=O)O)cc2)c2ccc(C(C)(C)C)cc2)cc1. The first-order chi connectivity index (χ1) is 19.0. The van der Waals surface area contributed by atoms with Gasteiger partial charge in [-0.1, -0.05) is 32.9 Å². The Morgan fingerprint density at radius 1 is 0.756 bits per heavy atom. The summed E-state index contributed by atoms with van der Waals surface area (Å²) in [5, 5.41) is -4.45. The molecule has 0 aromatic heterocycles. The predicted octanol–water partition coefficient (Wildman–Crippen LogP) is 7.57. The maximum absolute atomic E-state index is 14.0. The van der Waals surface area contributed by atoms with Gasteiger partial charge >= 0.3 is 15.4 Å². The minimum atomic E-state index is -5.63. The highest BCUT2D eigenvalue weighted by atomic mass is 32.2. The van der Waals surface area contributed by atoms with Gasteiger partial charge in [0.2, 0.25) is 0 Å². The highest BCUT2D eigenvalue weighted by Gasteiger charge is 2.51. The van der Waals surface area contributed by atoms with Crippen LogP contribution in [0.5, 0.6) is 5.75 Å². The number of alkyl halides is 2. The molecule has 224 valence electrons. The van der Waals surface area contributed by atoms with E-state index in [-0.39, 0.29) is 11.2 Å². The van der Waals surface area contributed by atoms with Crippen molar-refractivity contribution in [1.82, 2.24) is 0 Å². The average Bonchev–Trinajstić information content (AvgIpc) is 2.89. The predicted molar refractivity (Wildman–Crippen MR) is 157 cm³/mol. The molecule has 0 saturated carbocycles. The molecule has 0 aliphatic heterocycles. The van der Waals surface area contributed by atoms with Crippen LogP contribution in [-0.4, -0.2) is 37.5 Å². The molecule has 0 saturated heterocycles. The molecule has 0 aliphatic rings. The van der Waals surface area contributed by atoms with Gasteiger partial charge in [-0.05, 0) is 99.3 Å². The summed E-state index contributed by atoms with van der Waals surface area (Å²) in [7, 11) is -6.19. The van der Waals surface area contributed by atoms with Crippen LogP contribution < -0.4 is 4.74 Å². The summed E-state index contributed by atoms with van der Waals surface area (Å²) in [5.74, 6) is -0.829. The van der Waals surface area contributed by atoms with Crippen molar-refractivity contribution in [2.24, 2.45) is 0 Å². The second-order valence-electron chi connectivity index (χ2n) is 10.7. The number of rotatable bonds is 12. The molecular formula is C31H39F2O6S2+. The Morgan fingerprint density at radius 3 is 1.51 bits per heavy atom. The van der Waals surface area contributed by atoms with Gasteiger partial charge in [0.25, 0.3) is 0 Å². The van der Waals surface area contributed by atoms with Gasteiger partial charge in [0, 0.05) is 18.8 Å². The molecule has 3 rings (SSSR count). The topological polar surface area (TPSA) is 82.1 Å². The van der Waals surface area contributed by atoms with E-state index >= 15 is 0 Å². The largest absolute Gasteiger partial charge is 0.483 e. The minimum Gasteiger partial charge on any atom is -0.483 e. The quantitative estimate of drug-likeness (QED) is 0.130. The third kappa shape index (κ3) is 7.67. The second-order valence-corrected chi connectivity index (χ2v) is 14.2. The summed E-state index contributed by atoms with van der Waals surface area (Å²) in [6.45, 7) is 14.1. The Labute approximate surface area is 245 Å². The summed E-state index contributed by atoms with van der Waals surface area (Å²) in [5.41, 5.74) is 2.07. The van der Waals surface area contributed by atoms with E-state index in [4.69, 9.17) is 18.8 Å². The summed E-state index contributed by atoms with van der Waals surface area (Å²) in [6, 6.07) is 23.0. The molecule has 0 aliphatic carbocycles. The van der Waals surface area contributed by atoms with Crippen molar-refractivity contribution in [2.45, 2.75) is 85.7 Å². The number of ether oxygens (including phenoxy) is 3. The number of hydrogen-bond donors (Lipinski definition) is 1. The van der Waals surface area contributed by atoms with E-state index in [1.165, 1.54) is 17.7 Å². The minimum absolute atomic E-state index is 0.0123.